The summed E-state index contributed by atoms with van der Waals surface area (Å²) in [6, 6.07) is 0. The van der Waals surface area contributed by atoms with Gasteiger partial charge in [-0.25, -0.2) is 0 Å². The molecule has 0 aliphatic carbocycles. The largest absolute Gasteiger partial charge is 0.328 e. The van der Waals surface area contributed by atoms with Crippen LogP contribution in [0, 0.1) is 0 Å². The van der Waals surface area contributed by atoms with Gasteiger partial charge in [-0.2, -0.15) is 5.10 Å². The molecule has 0 fully saturated rings. The Labute approximate surface area is 154 Å². The van der Waals surface area contributed by atoms with Crippen molar-refractivity contribution in [1.82, 2.24) is 9.78 Å². The Balaban J connectivity index is 3.07. The number of hydrogen-bond donors (Lipinski definition) is 0. The van der Waals surface area contributed by atoms with Crippen molar-refractivity contribution in [2.75, 3.05) is 19.5 Å². The van der Waals surface area contributed by atoms with Gasteiger partial charge in [-0.1, -0.05) is 44.7 Å². The van der Waals surface area contributed by atoms with E-state index >= 15 is 0 Å². The molecule has 1 atom stereocenters. The Hall–Kier alpha value is 0.420. The number of hydrogen-bond acceptors (Lipinski definition) is 5. The molecule has 1 rings (SSSR count). The van der Waals surface area contributed by atoms with Crippen LogP contribution < -0.4 is 5.44 Å². The average Bonchev–Trinajstić information content (AvgIpc) is 2.86. The Morgan fingerprint density at radius 1 is 1.22 bits per heavy atom. The van der Waals surface area contributed by atoms with E-state index in [1.54, 1.807) is 18.9 Å². The normalized spacial score (nSPS) is 14.1. The van der Waals surface area contributed by atoms with E-state index < -0.39 is 6.49 Å². The second-order valence-corrected chi connectivity index (χ2v) is 10.1. The SMILES string of the molecule is CCCCCCn1nc(P(=S)(OC)OCC)c(Cl)c1SCCC. The summed E-state index contributed by atoms with van der Waals surface area (Å²) in [4.78, 5) is 0. The Kier molecular flexibility index (Phi) is 10.4. The van der Waals surface area contributed by atoms with Crippen molar-refractivity contribution in [1.29, 1.82) is 0 Å². The second-order valence-electron chi connectivity index (χ2n) is 5.17. The highest BCUT2D eigenvalue weighted by Gasteiger charge is 2.30. The number of nitrogens with zero attached hydrogens (tertiary/aromatic N) is 2. The molecule has 1 aromatic rings. The average molecular weight is 399 g/mol. The van der Waals surface area contributed by atoms with Crippen LogP contribution in [0.1, 0.15) is 52.9 Å². The molecule has 1 heterocycles. The van der Waals surface area contributed by atoms with E-state index in [2.05, 4.69) is 18.9 Å². The summed E-state index contributed by atoms with van der Waals surface area (Å²) in [5.41, 5.74) is 0.604. The Bertz CT molecular complexity index is 526. The number of thioether (sulfide) groups is 1. The zero-order chi connectivity index (χ0) is 17.3. The topological polar surface area (TPSA) is 36.3 Å². The van der Waals surface area contributed by atoms with Gasteiger partial charge in [0.25, 0.3) is 0 Å². The predicted octanol–water partition coefficient (Wildman–Crippen LogP) is 5.24. The number of aromatic nitrogens is 2. The van der Waals surface area contributed by atoms with Gasteiger partial charge in [0.2, 0.25) is 6.49 Å². The summed E-state index contributed by atoms with van der Waals surface area (Å²) in [6.07, 6.45) is 5.84. The van der Waals surface area contributed by atoms with E-state index in [4.69, 9.17) is 32.5 Å². The van der Waals surface area contributed by atoms with Crippen LogP contribution in [-0.4, -0.2) is 29.3 Å². The first-order valence-electron chi connectivity index (χ1n) is 8.23. The highest BCUT2D eigenvalue weighted by Crippen LogP contribution is 2.49. The van der Waals surface area contributed by atoms with Crippen LogP contribution in [-0.2, 0) is 27.4 Å². The minimum atomic E-state index is -2.62. The van der Waals surface area contributed by atoms with E-state index in [0.717, 1.165) is 30.2 Å². The molecule has 8 heteroatoms. The molecule has 134 valence electrons. The third kappa shape index (κ3) is 6.02. The minimum Gasteiger partial charge on any atom is -0.328 e. The molecule has 1 aromatic heterocycles. The maximum absolute atomic E-state index is 6.60. The smallest absolute Gasteiger partial charge is 0.241 e. The van der Waals surface area contributed by atoms with E-state index in [1.807, 2.05) is 11.6 Å². The van der Waals surface area contributed by atoms with E-state index in [-0.39, 0.29) is 0 Å². The standard InChI is InChI=1S/C15H28ClN2O2PS2/c1-5-8-9-10-11-18-15(23-12-6-2)13(16)14(17-18)21(22,19-4)20-7-3/h5-12H2,1-4H3. The molecule has 0 amide bonds. The van der Waals surface area contributed by atoms with Crippen LogP contribution in [0.3, 0.4) is 0 Å². The zero-order valence-corrected chi connectivity index (χ0v) is 17.8. The molecule has 23 heavy (non-hydrogen) atoms. The van der Waals surface area contributed by atoms with E-state index in [0.29, 0.717) is 17.1 Å². The lowest BCUT2D eigenvalue weighted by Gasteiger charge is -2.17. The lowest BCUT2D eigenvalue weighted by molar-refractivity contribution is 0.303. The molecule has 0 aliphatic rings. The molecule has 0 spiro atoms. The fourth-order valence-electron chi connectivity index (χ4n) is 2.13. The van der Waals surface area contributed by atoms with Crippen molar-refractivity contribution in [3.8, 4) is 0 Å². The zero-order valence-electron chi connectivity index (χ0n) is 14.5. The maximum Gasteiger partial charge on any atom is 0.241 e. The van der Waals surface area contributed by atoms with Gasteiger partial charge >= 0.3 is 0 Å². The van der Waals surface area contributed by atoms with Crippen LogP contribution in [0.25, 0.3) is 0 Å². The second kappa shape index (κ2) is 11.1. The minimum absolute atomic E-state index is 0.488. The van der Waals surface area contributed by atoms with E-state index in [1.165, 1.54) is 19.3 Å². The lowest BCUT2D eigenvalue weighted by Crippen LogP contribution is -2.13. The summed E-state index contributed by atoms with van der Waals surface area (Å²) in [5.74, 6) is 1.00. The molecule has 0 aliphatic heterocycles. The number of halogens is 1. The molecule has 0 saturated heterocycles. The first-order valence-corrected chi connectivity index (χ1v) is 12.2. The van der Waals surface area contributed by atoms with Crippen molar-refractivity contribution >= 4 is 47.1 Å². The van der Waals surface area contributed by atoms with Crippen molar-refractivity contribution in [2.24, 2.45) is 0 Å². The van der Waals surface area contributed by atoms with Crippen molar-refractivity contribution < 1.29 is 9.05 Å². The van der Waals surface area contributed by atoms with Gasteiger partial charge in [0.1, 0.15) is 10.0 Å². The van der Waals surface area contributed by atoms with Gasteiger partial charge in [0.05, 0.1) is 6.61 Å². The van der Waals surface area contributed by atoms with Crippen LogP contribution >= 0.6 is 29.9 Å². The molecule has 0 aromatic carbocycles. The highest BCUT2D eigenvalue weighted by atomic mass is 35.5. The molecule has 1 unspecified atom stereocenters. The van der Waals surface area contributed by atoms with Crippen LogP contribution in [0.2, 0.25) is 5.02 Å². The fraction of sp³-hybridized carbons (Fsp3) is 0.800. The van der Waals surface area contributed by atoms with Gasteiger partial charge in [-0.3, -0.25) is 4.68 Å². The number of unbranched alkanes of at least 4 members (excludes halogenated alkanes) is 3. The third-order valence-electron chi connectivity index (χ3n) is 3.30. The monoisotopic (exact) mass is 398 g/mol. The lowest BCUT2D eigenvalue weighted by atomic mass is 10.2. The quantitative estimate of drug-likeness (QED) is 0.273. The summed E-state index contributed by atoms with van der Waals surface area (Å²) in [6.45, 7) is 5.00. The third-order valence-corrected chi connectivity index (χ3v) is 8.39. The summed E-state index contributed by atoms with van der Waals surface area (Å²) >= 11 is 13.9. The fourth-order valence-corrected chi connectivity index (χ4v) is 5.90. The molecule has 0 radical (unpaired) electrons. The molecular formula is C15H28ClN2O2PS2. The van der Waals surface area contributed by atoms with Crippen LogP contribution in [0.4, 0.5) is 0 Å². The number of aryl methyl sites for hydroxylation is 1. The molecule has 0 N–H and O–H groups in total. The van der Waals surface area contributed by atoms with Gasteiger partial charge in [-0.15, -0.1) is 11.8 Å². The van der Waals surface area contributed by atoms with Crippen LogP contribution in [0.15, 0.2) is 5.03 Å². The Morgan fingerprint density at radius 3 is 2.52 bits per heavy atom. The van der Waals surface area contributed by atoms with Gasteiger partial charge < -0.3 is 9.05 Å². The molecule has 0 saturated carbocycles. The highest BCUT2D eigenvalue weighted by molar-refractivity contribution is 8.13. The van der Waals surface area contributed by atoms with Gasteiger partial charge in [0, 0.05) is 13.7 Å². The summed E-state index contributed by atoms with van der Waals surface area (Å²) in [5, 5.41) is 6.28. The summed E-state index contributed by atoms with van der Waals surface area (Å²) in [7, 11) is 1.58. The van der Waals surface area contributed by atoms with Crippen LogP contribution in [0.5, 0.6) is 0 Å². The molecular weight excluding hydrogens is 371 g/mol. The van der Waals surface area contributed by atoms with Crippen molar-refractivity contribution in [3.63, 3.8) is 0 Å². The maximum atomic E-state index is 6.60. The first kappa shape index (κ1) is 21.5. The van der Waals surface area contributed by atoms with Gasteiger partial charge in [-0.05, 0) is 37.3 Å². The Morgan fingerprint density at radius 2 is 1.96 bits per heavy atom. The van der Waals surface area contributed by atoms with E-state index in [9.17, 15) is 0 Å². The summed E-state index contributed by atoms with van der Waals surface area (Å²) < 4.78 is 13.2. The molecule has 4 nitrogen and oxygen atoms in total. The van der Waals surface area contributed by atoms with Crippen molar-refractivity contribution in [3.05, 3.63) is 5.02 Å². The number of rotatable bonds is 12. The first-order chi connectivity index (χ1) is 11.0. The molecule has 0 bridgehead atoms. The van der Waals surface area contributed by atoms with Crippen molar-refractivity contribution in [2.45, 2.75) is 64.4 Å². The van der Waals surface area contributed by atoms with Gasteiger partial charge in [0.15, 0.2) is 5.44 Å². The predicted molar refractivity (Wildman–Crippen MR) is 105 cm³/mol.